The SMILES string of the molecule is NCC[C@@H]1CCC[C@H](OC(=O)O)C1. The fraction of sp³-hybridized carbons (Fsp3) is 0.889. The van der Waals surface area contributed by atoms with Gasteiger partial charge in [0, 0.05) is 0 Å². The molecule has 0 amide bonds. The van der Waals surface area contributed by atoms with Crippen LogP contribution in [0.4, 0.5) is 4.79 Å². The Morgan fingerprint density at radius 3 is 2.92 bits per heavy atom. The largest absolute Gasteiger partial charge is 0.506 e. The smallest absolute Gasteiger partial charge is 0.450 e. The Bertz CT molecular complexity index is 170. The van der Waals surface area contributed by atoms with Gasteiger partial charge in [-0.3, -0.25) is 0 Å². The first-order valence-corrected chi connectivity index (χ1v) is 4.82. The third kappa shape index (κ3) is 3.63. The third-order valence-electron chi connectivity index (χ3n) is 2.58. The van der Waals surface area contributed by atoms with Crippen LogP contribution in [0, 0.1) is 5.92 Å². The highest BCUT2D eigenvalue weighted by molar-refractivity contribution is 5.57. The van der Waals surface area contributed by atoms with Crippen LogP contribution in [0.15, 0.2) is 0 Å². The van der Waals surface area contributed by atoms with Gasteiger partial charge in [0.25, 0.3) is 0 Å². The summed E-state index contributed by atoms with van der Waals surface area (Å²) in [6, 6.07) is 0. The molecule has 0 aromatic carbocycles. The summed E-state index contributed by atoms with van der Waals surface area (Å²) >= 11 is 0. The highest BCUT2D eigenvalue weighted by Gasteiger charge is 2.23. The summed E-state index contributed by atoms with van der Waals surface area (Å²) in [5.74, 6) is 0.558. The average Bonchev–Trinajstić information content (AvgIpc) is 2.04. The fourth-order valence-electron chi connectivity index (χ4n) is 1.99. The van der Waals surface area contributed by atoms with Crippen molar-refractivity contribution in [2.45, 2.75) is 38.2 Å². The molecule has 1 fully saturated rings. The van der Waals surface area contributed by atoms with Crippen LogP contribution < -0.4 is 5.73 Å². The van der Waals surface area contributed by atoms with Crippen LogP contribution in [-0.4, -0.2) is 23.9 Å². The van der Waals surface area contributed by atoms with Crippen molar-refractivity contribution in [1.82, 2.24) is 0 Å². The molecule has 0 saturated heterocycles. The van der Waals surface area contributed by atoms with E-state index in [1.54, 1.807) is 0 Å². The van der Waals surface area contributed by atoms with Crippen molar-refractivity contribution in [2.24, 2.45) is 11.7 Å². The molecule has 0 spiro atoms. The zero-order chi connectivity index (χ0) is 9.68. The van der Waals surface area contributed by atoms with E-state index >= 15 is 0 Å². The van der Waals surface area contributed by atoms with Gasteiger partial charge in [-0.2, -0.15) is 0 Å². The Balaban J connectivity index is 2.28. The number of ether oxygens (including phenoxy) is 1. The van der Waals surface area contributed by atoms with Gasteiger partial charge in [-0.25, -0.2) is 4.79 Å². The number of carbonyl (C=O) groups is 1. The quantitative estimate of drug-likeness (QED) is 0.658. The maximum atomic E-state index is 10.3. The number of hydrogen-bond donors (Lipinski definition) is 2. The molecule has 1 rings (SSSR count). The number of hydrogen-bond acceptors (Lipinski definition) is 3. The predicted molar refractivity (Wildman–Crippen MR) is 48.5 cm³/mol. The number of rotatable bonds is 3. The standard InChI is InChI=1S/C9H17NO3/c10-5-4-7-2-1-3-8(6-7)13-9(11)12/h7-8H,1-6,10H2,(H,11,12)/t7-,8-/m0/s1. The molecule has 0 aromatic rings. The molecule has 0 heterocycles. The van der Waals surface area contributed by atoms with E-state index in [4.69, 9.17) is 15.6 Å². The molecule has 1 saturated carbocycles. The van der Waals surface area contributed by atoms with Crippen molar-refractivity contribution < 1.29 is 14.6 Å². The monoisotopic (exact) mass is 187 g/mol. The van der Waals surface area contributed by atoms with Crippen molar-refractivity contribution in [2.75, 3.05) is 6.54 Å². The summed E-state index contributed by atoms with van der Waals surface area (Å²) in [5, 5.41) is 8.43. The van der Waals surface area contributed by atoms with Gasteiger partial charge in [-0.05, 0) is 38.1 Å². The molecule has 4 heteroatoms. The van der Waals surface area contributed by atoms with E-state index in [2.05, 4.69) is 0 Å². The summed E-state index contributed by atoms with van der Waals surface area (Å²) in [6.07, 6.45) is 3.68. The lowest BCUT2D eigenvalue weighted by Gasteiger charge is -2.27. The maximum absolute atomic E-state index is 10.3. The normalized spacial score (nSPS) is 28.4. The Morgan fingerprint density at radius 2 is 2.31 bits per heavy atom. The minimum atomic E-state index is -1.15. The lowest BCUT2D eigenvalue weighted by Crippen LogP contribution is -2.26. The molecule has 76 valence electrons. The molecule has 0 unspecified atom stereocenters. The van der Waals surface area contributed by atoms with Crippen molar-refractivity contribution in [1.29, 1.82) is 0 Å². The molecule has 2 atom stereocenters. The topological polar surface area (TPSA) is 72.5 Å². The van der Waals surface area contributed by atoms with Crippen molar-refractivity contribution in [3.05, 3.63) is 0 Å². The van der Waals surface area contributed by atoms with Crippen LogP contribution in [0.2, 0.25) is 0 Å². The minimum absolute atomic E-state index is 0.0946. The Labute approximate surface area is 78.1 Å². The maximum Gasteiger partial charge on any atom is 0.506 e. The molecule has 1 aliphatic rings. The highest BCUT2D eigenvalue weighted by atomic mass is 16.7. The molecule has 0 aromatic heterocycles. The Morgan fingerprint density at radius 1 is 1.54 bits per heavy atom. The molecule has 0 aliphatic heterocycles. The average molecular weight is 187 g/mol. The van der Waals surface area contributed by atoms with E-state index in [9.17, 15) is 4.79 Å². The van der Waals surface area contributed by atoms with E-state index in [0.717, 1.165) is 32.1 Å². The van der Waals surface area contributed by atoms with Gasteiger partial charge >= 0.3 is 6.16 Å². The first-order chi connectivity index (χ1) is 6.22. The Kier molecular flexibility index (Phi) is 4.02. The zero-order valence-corrected chi connectivity index (χ0v) is 7.74. The lowest BCUT2D eigenvalue weighted by molar-refractivity contribution is 0.0241. The summed E-state index contributed by atoms with van der Waals surface area (Å²) in [7, 11) is 0. The van der Waals surface area contributed by atoms with Crippen LogP contribution in [0.25, 0.3) is 0 Å². The lowest BCUT2D eigenvalue weighted by atomic mass is 9.85. The van der Waals surface area contributed by atoms with Crippen LogP contribution in [0.3, 0.4) is 0 Å². The highest BCUT2D eigenvalue weighted by Crippen LogP contribution is 2.28. The molecular formula is C9H17NO3. The molecule has 1 aliphatic carbocycles. The molecule has 4 nitrogen and oxygen atoms in total. The van der Waals surface area contributed by atoms with Crippen LogP contribution >= 0.6 is 0 Å². The van der Waals surface area contributed by atoms with Crippen molar-refractivity contribution >= 4 is 6.16 Å². The van der Waals surface area contributed by atoms with E-state index < -0.39 is 6.16 Å². The molecule has 0 bridgehead atoms. The van der Waals surface area contributed by atoms with Gasteiger partial charge in [0.15, 0.2) is 0 Å². The van der Waals surface area contributed by atoms with Crippen LogP contribution in [0.1, 0.15) is 32.1 Å². The second kappa shape index (κ2) is 5.07. The number of carboxylic acid groups (broad SMARTS) is 1. The van der Waals surface area contributed by atoms with Crippen molar-refractivity contribution in [3.8, 4) is 0 Å². The van der Waals surface area contributed by atoms with E-state index in [-0.39, 0.29) is 6.10 Å². The molecule has 13 heavy (non-hydrogen) atoms. The second-order valence-corrected chi connectivity index (χ2v) is 3.62. The fourth-order valence-corrected chi connectivity index (χ4v) is 1.99. The zero-order valence-electron chi connectivity index (χ0n) is 7.74. The van der Waals surface area contributed by atoms with E-state index in [0.29, 0.717) is 12.5 Å². The minimum Gasteiger partial charge on any atom is -0.450 e. The number of nitrogens with two attached hydrogens (primary N) is 1. The molecular weight excluding hydrogens is 170 g/mol. The second-order valence-electron chi connectivity index (χ2n) is 3.62. The van der Waals surface area contributed by atoms with E-state index in [1.807, 2.05) is 0 Å². The summed E-state index contributed by atoms with van der Waals surface area (Å²) in [5.41, 5.74) is 5.45. The van der Waals surface area contributed by atoms with Gasteiger partial charge < -0.3 is 15.6 Å². The first-order valence-electron chi connectivity index (χ1n) is 4.82. The van der Waals surface area contributed by atoms with Gasteiger partial charge in [-0.15, -0.1) is 0 Å². The van der Waals surface area contributed by atoms with Crippen LogP contribution in [-0.2, 0) is 4.74 Å². The van der Waals surface area contributed by atoms with Gasteiger partial charge in [0.1, 0.15) is 6.10 Å². The summed E-state index contributed by atoms with van der Waals surface area (Å²) in [4.78, 5) is 10.3. The van der Waals surface area contributed by atoms with Crippen LogP contribution in [0.5, 0.6) is 0 Å². The first kappa shape index (κ1) is 10.3. The van der Waals surface area contributed by atoms with Crippen molar-refractivity contribution in [3.63, 3.8) is 0 Å². The summed E-state index contributed by atoms with van der Waals surface area (Å²) < 4.78 is 4.74. The van der Waals surface area contributed by atoms with Gasteiger partial charge in [-0.1, -0.05) is 6.42 Å². The summed E-state index contributed by atoms with van der Waals surface area (Å²) in [6.45, 7) is 0.685. The Hall–Kier alpha value is -0.770. The van der Waals surface area contributed by atoms with Gasteiger partial charge in [0.05, 0.1) is 0 Å². The van der Waals surface area contributed by atoms with Gasteiger partial charge in [0.2, 0.25) is 0 Å². The predicted octanol–water partition coefficient (Wildman–Crippen LogP) is 1.59. The third-order valence-corrected chi connectivity index (χ3v) is 2.58. The molecule has 0 radical (unpaired) electrons. The molecule has 3 N–H and O–H groups in total. The van der Waals surface area contributed by atoms with E-state index in [1.165, 1.54) is 0 Å².